The number of imidazole rings is 1. The van der Waals surface area contributed by atoms with E-state index in [1.165, 1.54) is 23.3 Å². The molecule has 2 unspecified atom stereocenters. The number of hydrogen-bond donors (Lipinski definition) is 2. The summed E-state index contributed by atoms with van der Waals surface area (Å²) in [7, 11) is 4.08. The molecule has 158 valence electrons. The van der Waals surface area contributed by atoms with Crippen molar-refractivity contribution in [3.8, 4) is 5.69 Å². The summed E-state index contributed by atoms with van der Waals surface area (Å²) in [6.45, 7) is 2.78. The summed E-state index contributed by atoms with van der Waals surface area (Å²) in [6.07, 6.45) is 8.08. The maximum Gasteiger partial charge on any atom is 0.191 e. The number of likely N-dealkylation sites (tertiary alicyclic amines) is 1. The molecular formula is C23H30N6S. The van der Waals surface area contributed by atoms with Crippen LogP contribution in [0.1, 0.15) is 29.3 Å². The molecule has 1 aliphatic rings. The summed E-state index contributed by atoms with van der Waals surface area (Å²) in [5.41, 5.74) is 2.33. The number of hydrogen-bond acceptors (Lipinski definition) is 4. The zero-order valence-corrected chi connectivity index (χ0v) is 18.5. The van der Waals surface area contributed by atoms with Crippen LogP contribution in [0, 0.1) is 5.92 Å². The molecule has 3 heterocycles. The van der Waals surface area contributed by atoms with E-state index in [2.05, 4.69) is 74.3 Å². The predicted octanol–water partition coefficient (Wildman–Crippen LogP) is 3.68. The summed E-state index contributed by atoms with van der Waals surface area (Å²) < 4.78 is 2.04. The van der Waals surface area contributed by atoms with E-state index in [1.54, 1.807) is 6.20 Å². The standard InChI is InChI=1S/C23H30N6S/c1-24-23(26-15-18-7-3-4-9-20(18)29-13-11-25-17-29)27-16-19-8-5-12-28(2)22(19)21-10-6-14-30-21/h3-4,6-7,9-11,13-14,17,19,22H,5,8,12,15-16H2,1-2H3,(H2,24,26,27). The van der Waals surface area contributed by atoms with Gasteiger partial charge < -0.3 is 15.2 Å². The zero-order chi connectivity index (χ0) is 20.8. The van der Waals surface area contributed by atoms with Crippen LogP contribution in [0.4, 0.5) is 0 Å². The molecule has 7 heteroatoms. The molecule has 2 N–H and O–H groups in total. The van der Waals surface area contributed by atoms with Crippen LogP contribution in [0.3, 0.4) is 0 Å². The number of benzene rings is 1. The summed E-state index contributed by atoms with van der Waals surface area (Å²) >= 11 is 1.86. The SMILES string of the molecule is CN=C(NCc1ccccc1-n1ccnc1)NCC1CCCN(C)C1c1cccs1. The van der Waals surface area contributed by atoms with Crippen molar-refractivity contribution in [2.24, 2.45) is 10.9 Å². The quantitative estimate of drug-likeness (QED) is 0.470. The molecule has 6 nitrogen and oxygen atoms in total. The highest BCUT2D eigenvalue weighted by atomic mass is 32.1. The third-order valence-electron chi connectivity index (χ3n) is 5.82. The van der Waals surface area contributed by atoms with Gasteiger partial charge in [0.1, 0.15) is 0 Å². The molecule has 0 radical (unpaired) electrons. The third-order valence-corrected chi connectivity index (χ3v) is 6.76. The Kier molecular flexibility index (Phi) is 6.81. The van der Waals surface area contributed by atoms with Crippen LogP contribution in [0.25, 0.3) is 5.69 Å². The first-order valence-corrected chi connectivity index (χ1v) is 11.4. The molecule has 1 fully saturated rings. The molecule has 0 amide bonds. The van der Waals surface area contributed by atoms with Crippen molar-refractivity contribution in [1.29, 1.82) is 0 Å². The number of guanidine groups is 1. The van der Waals surface area contributed by atoms with Crippen molar-refractivity contribution in [2.45, 2.75) is 25.4 Å². The van der Waals surface area contributed by atoms with Crippen LogP contribution < -0.4 is 10.6 Å². The van der Waals surface area contributed by atoms with E-state index in [9.17, 15) is 0 Å². The predicted molar refractivity (Wildman–Crippen MR) is 124 cm³/mol. The molecule has 1 saturated heterocycles. The van der Waals surface area contributed by atoms with Gasteiger partial charge in [0.2, 0.25) is 0 Å². The second-order valence-electron chi connectivity index (χ2n) is 7.75. The van der Waals surface area contributed by atoms with Gasteiger partial charge in [0.15, 0.2) is 5.96 Å². The molecule has 0 aliphatic carbocycles. The normalized spacial score (nSPS) is 20.3. The molecular weight excluding hydrogens is 392 g/mol. The zero-order valence-electron chi connectivity index (χ0n) is 17.7. The smallest absolute Gasteiger partial charge is 0.191 e. The van der Waals surface area contributed by atoms with Gasteiger partial charge in [-0.2, -0.15) is 0 Å². The molecule has 0 bridgehead atoms. The van der Waals surface area contributed by atoms with Crippen molar-refractivity contribution < 1.29 is 0 Å². The number of piperidine rings is 1. The monoisotopic (exact) mass is 422 g/mol. The Morgan fingerprint density at radius 1 is 1.23 bits per heavy atom. The van der Waals surface area contributed by atoms with Gasteiger partial charge in [0.25, 0.3) is 0 Å². The lowest BCUT2D eigenvalue weighted by Crippen LogP contribution is -2.44. The lowest BCUT2D eigenvalue weighted by atomic mass is 9.88. The van der Waals surface area contributed by atoms with E-state index < -0.39 is 0 Å². The van der Waals surface area contributed by atoms with Gasteiger partial charge in [0.05, 0.1) is 12.0 Å². The van der Waals surface area contributed by atoms with Gasteiger partial charge in [-0.1, -0.05) is 24.3 Å². The van der Waals surface area contributed by atoms with Crippen molar-refractivity contribution in [2.75, 3.05) is 27.2 Å². The maximum absolute atomic E-state index is 4.45. The topological polar surface area (TPSA) is 57.5 Å². The highest BCUT2D eigenvalue weighted by molar-refractivity contribution is 7.10. The molecule has 30 heavy (non-hydrogen) atoms. The molecule has 3 aromatic rings. The van der Waals surface area contributed by atoms with Crippen LogP contribution in [0.2, 0.25) is 0 Å². The largest absolute Gasteiger partial charge is 0.356 e. The molecule has 4 rings (SSSR count). The fourth-order valence-electron chi connectivity index (χ4n) is 4.32. The Balaban J connectivity index is 1.38. The van der Waals surface area contributed by atoms with E-state index in [4.69, 9.17) is 0 Å². The van der Waals surface area contributed by atoms with Gasteiger partial charge in [-0.25, -0.2) is 4.98 Å². The first kappa shape index (κ1) is 20.6. The maximum atomic E-state index is 4.45. The van der Waals surface area contributed by atoms with E-state index >= 15 is 0 Å². The van der Waals surface area contributed by atoms with E-state index in [1.807, 2.05) is 35.5 Å². The minimum atomic E-state index is 0.478. The van der Waals surface area contributed by atoms with Gasteiger partial charge in [-0.05, 0) is 55.4 Å². The molecule has 2 atom stereocenters. The fourth-order valence-corrected chi connectivity index (χ4v) is 5.31. The minimum Gasteiger partial charge on any atom is -0.356 e. The summed E-state index contributed by atoms with van der Waals surface area (Å²) in [6, 6.07) is 13.3. The number of thiophene rings is 1. The lowest BCUT2D eigenvalue weighted by molar-refractivity contribution is 0.125. The fraction of sp³-hybridized carbons (Fsp3) is 0.391. The second-order valence-corrected chi connectivity index (χ2v) is 8.73. The van der Waals surface area contributed by atoms with Crippen LogP contribution >= 0.6 is 11.3 Å². The van der Waals surface area contributed by atoms with Gasteiger partial charge in [-0.3, -0.25) is 9.89 Å². The summed E-state index contributed by atoms with van der Waals surface area (Å²) in [4.78, 5) is 12.6. The third kappa shape index (κ3) is 4.74. The minimum absolute atomic E-state index is 0.478. The Labute approximate surface area is 182 Å². The second kappa shape index (κ2) is 9.91. The highest BCUT2D eigenvalue weighted by Crippen LogP contribution is 2.36. The number of aromatic nitrogens is 2. The van der Waals surface area contributed by atoms with E-state index in [-0.39, 0.29) is 0 Å². The van der Waals surface area contributed by atoms with Crippen molar-refractivity contribution in [3.05, 3.63) is 70.9 Å². The van der Waals surface area contributed by atoms with Crippen molar-refractivity contribution in [3.63, 3.8) is 0 Å². The van der Waals surface area contributed by atoms with Crippen molar-refractivity contribution in [1.82, 2.24) is 25.1 Å². The molecule has 0 spiro atoms. The van der Waals surface area contributed by atoms with Crippen LogP contribution in [-0.4, -0.2) is 47.6 Å². The average molecular weight is 423 g/mol. The highest BCUT2D eigenvalue weighted by Gasteiger charge is 2.31. The van der Waals surface area contributed by atoms with Crippen LogP contribution in [0.15, 0.2) is 65.5 Å². The average Bonchev–Trinajstić information content (AvgIpc) is 3.49. The first-order valence-electron chi connectivity index (χ1n) is 10.5. The van der Waals surface area contributed by atoms with E-state index in [0.29, 0.717) is 18.5 Å². The Bertz CT molecular complexity index is 935. The Morgan fingerprint density at radius 2 is 2.13 bits per heavy atom. The molecule has 0 saturated carbocycles. The van der Waals surface area contributed by atoms with Gasteiger partial charge in [-0.15, -0.1) is 11.3 Å². The van der Waals surface area contributed by atoms with Gasteiger partial charge >= 0.3 is 0 Å². The summed E-state index contributed by atoms with van der Waals surface area (Å²) in [5.74, 6) is 1.41. The first-order chi connectivity index (χ1) is 14.8. The molecule has 1 aliphatic heterocycles. The Hall–Kier alpha value is -2.64. The number of para-hydroxylation sites is 1. The molecule has 1 aromatic carbocycles. The summed E-state index contributed by atoms with van der Waals surface area (Å²) in [5, 5.41) is 9.24. The van der Waals surface area contributed by atoms with Gasteiger partial charge in [0, 0.05) is 43.4 Å². The number of nitrogens with one attached hydrogen (secondary N) is 2. The Morgan fingerprint density at radius 3 is 2.90 bits per heavy atom. The molecule has 2 aromatic heterocycles. The number of aliphatic imine (C=N–C) groups is 1. The van der Waals surface area contributed by atoms with Crippen LogP contribution in [0.5, 0.6) is 0 Å². The van der Waals surface area contributed by atoms with Crippen LogP contribution in [-0.2, 0) is 6.54 Å². The number of rotatable bonds is 6. The number of nitrogens with zero attached hydrogens (tertiary/aromatic N) is 4. The van der Waals surface area contributed by atoms with E-state index in [0.717, 1.165) is 24.7 Å². The van der Waals surface area contributed by atoms with Crippen molar-refractivity contribution >= 4 is 17.3 Å². The lowest BCUT2D eigenvalue weighted by Gasteiger charge is -2.39.